The van der Waals surface area contributed by atoms with Gasteiger partial charge in [-0.3, -0.25) is 10.1 Å². The number of ether oxygens (including phenoxy) is 1. The highest BCUT2D eigenvalue weighted by atomic mass is 16.6. The van der Waals surface area contributed by atoms with E-state index in [0.29, 0.717) is 0 Å². The van der Waals surface area contributed by atoms with Gasteiger partial charge in [0.25, 0.3) is 0 Å². The Kier molecular flexibility index (Phi) is 3.18. The SMILES string of the molecule is CC(C)Oc1cnc(C#N)c([N+](=O)[O-])c1. The van der Waals surface area contributed by atoms with Gasteiger partial charge in [-0.1, -0.05) is 0 Å². The second-order valence-corrected chi connectivity index (χ2v) is 3.07. The maximum absolute atomic E-state index is 10.6. The maximum Gasteiger partial charge on any atom is 0.309 e. The van der Waals surface area contributed by atoms with E-state index in [-0.39, 0.29) is 23.2 Å². The number of hydrogen-bond donors (Lipinski definition) is 0. The molecule has 0 fully saturated rings. The lowest BCUT2D eigenvalue weighted by Gasteiger charge is -2.08. The van der Waals surface area contributed by atoms with E-state index in [0.717, 1.165) is 0 Å². The predicted molar refractivity (Wildman–Crippen MR) is 51.4 cm³/mol. The third-order valence-electron chi connectivity index (χ3n) is 1.52. The molecule has 1 rings (SSSR count). The van der Waals surface area contributed by atoms with Crippen LogP contribution < -0.4 is 4.74 Å². The second kappa shape index (κ2) is 4.37. The molecule has 1 heterocycles. The third-order valence-corrected chi connectivity index (χ3v) is 1.52. The van der Waals surface area contributed by atoms with Crippen LogP contribution in [0.1, 0.15) is 19.5 Å². The van der Waals surface area contributed by atoms with E-state index in [9.17, 15) is 10.1 Å². The molecule has 0 amide bonds. The monoisotopic (exact) mass is 207 g/mol. The summed E-state index contributed by atoms with van der Waals surface area (Å²) >= 11 is 0. The smallest absolute Gasteiger partial charge is 0.309 e. The summed E-state index contributed by atoms with van der Waals surface area (Å²) < 4.78 is 5.23. The minimum absolute atomic E-state index is 0.0978. The average Bonchev–Trinajstić information content (AvgIpc) is 2.16. The Labute approximate surface area is 86.3 Å². The predicted octanol–water partition coefficient (Wildman–Crippen LogP) is 1.65. The number of nitriles is 1. The Hall–Kier alpha value is -2.16. The van der Waals surface area contributed by atoms with E-state index in [4.69, 9.17) is 10.00 Å². The molecule has 0 atom stereocenters. The van der Waals surface area contributed by atoms with Crippen LogP contribution in [0.25, 0.3) is 0 Å². The molecule has 0 unspecified atom stereocenters. The van der Waals surface area contributed by atoms with Gasteiger partial charge in [-0.15, -0.1) is 0 Å². The van der Waals surface area contributed by atoms with E-state index in [1.165, 1.54) is 12.3 Å². The summed E-state index contributed by atoms with van der Waals surface area (Å²) in [4.78, 5) is 13.6. The molecule has 0 spiro atoms. The van der Waals surface area contributed by atoms with Crippen molar-refractivity contribution in [2.45, 2.75) is 20.0 Å². The van der Waals surface area contributed by atoms with Gasteiger partial charge < -0.3 is 4.74 Å². The first-order valence-corrected chi connectivity index (χ1v) is 4.25. The molecule has 0 aliphatic carbocycles. The molecule has 6 nitrogen and oxygen atoms in total. The van der Waals surface area contributed by atoms with Crippen molar-refractivity contribution in [3.05, 3.63) is 28.1 Å². The van der Waals surface area contributed by atoms with E-state index >= 15 is 0 Å². The first-order chi connectivity index (χ1) is 7.04. The zero-order valence-corrected chi connectivity index (χ0v) is 8.30. The summed E-state index contributed by atoms with van der Waals surface area (Å²) in [6, 6.07) is 2.85. The Morgan fingerprint density at radius 1 is 1.67 bits per heavy atom. The normalized spacial score (nSPS) is 9.73. The van der Waals surface area contributed by atoms with Crippen molar-refractivity contribution in [3.8, 4) is 11.8 Å². The third kappa shape index (κ3) is 2.64. The zero-order chi connectivity index (χ0) is 11.4. The van der Waals surface area contributed by atoms with Crippen molar-refractivity contribution >= 4 is 5.69 Å². The quantitative estimate of drug-likeness (QED) is 0.555. The van der Waals surface area contributed by atoms with Gasteiger partial charge in [-0.2, -0.15) is 5.26 Å². The van der Waals surface area contributed by atoms with Crippen molar-refractivity contribution in [2.24, 2.45) is 0 Å². The first-order valence-electron chi connectivity index (χ1n) is 4.25. The van der Waals surface area contributed by atoms with Gasteiger partial charge in [-0.05, 0) is 13.8 Å². The molecule has 0 bridgehead atoms. The molecule has 0 aliphatic rings. The fraction of sp³-hybridized carbons (Fsp3) is 0.333. The molecule has 0 aliphatic heterocycles. The van der Waals surface area contributed by atoms with Gasteiger partial charge in [0, 0.05) is 0 Å². The van der Waals surface area contributed by atoms with Crippen LogP contribution in [0.15, 0.2) is 12.3 Å². The Bertz CT molecular complexity index is 423. The lowest BCUT2D eigenvalue weighted by molar-refractivity contribution is -0.385. The van der Waals surface area contributed by atoms with Crippen molar-refractivity contribution in [2.75, 3.05) is 0 Å². The van der Waals surface area contributed by atoms with Crippen molar-refractivity contribution in [1.82, 2.24) is 4.98 Å². The second-order valence-electron chi connectivity index (χ2n) is 3.07. The fourth-order valence-corrected chi connectivity index (χ4v) is 0.997. The minimum Gasteiger partial charge on any atom is -0.489 e. The van der Waals surface area contributed by atoms with Crippen LogP contribution in [0.5, 0.6) is 5.75 Å². The van der Waals surface area contributed by atoms with Gasteiger partial charge in [0.15, 0.2) is 0 Å². The van der Waals surface area contributed by atoms with E-state index in [1.54, 1.807) is 19.9 Å². The Balaban J connectivity index is 3.12. The number of hydrogen-bond acceptors (Lipinski definition) is 5. The summed E-state index contributed by atoms with van der Waals surface area (Å²) in [5.74, 6) is 0.288. The molecule has 0 saturated carbocycles. The first kappa shape index (κ1) is 10.9. The van der Waals surface area contributed by atoms with E-state index in [2.05, 4.69) is 4.98 Å². The summed E-state index contributed by atoms with van der Waals surface area (Å²) in [6.07, 6.45) is 1.20. The fourth-order valence-electron chi connectivity index (χ4n) is 0.997. The molecular weight excluding hydrogens is 198 g/mol. The highest BCUT2D eigenvalue weighted by Crippen LogP contribution is 2.22. The van der Waals surface area contributed by atoms with Crippen molar-refractivity contribution < 1.29 is 9.66 Å². The molecule has 0 radical (unpaired) electrons. The van der Waals surface area contributed by atoms with Crippen LogP contribution in [0.4, 0.5) is 5.69 Å². The van der Waals surface area contributed by atoms with Gasteiger partial charge in [-0.25, -0.2) is 4.98 Å². The van der Waals surface area contributed by atoms with Crippen LogP contribution in [0.3, 0.4) is 0 Å². The highest BCUT2D eigenvalue weighted by Gasteiger charge is 2.16. The number of rotatable bonds is 3. The standard InChI is InChI=1S/C9H9N3O3/c1-6(2)15-7-3-9(12(13)14)8(4-10)11-5-7/h3,5-6H,1-2H3. The van der Waals surface area contributed by atoms with Gasteiger partial charge in [0.1, 0.15) is 11.8 Å². The van der Waals surface area contributed by atoms with Gasteiger partial charge in [0.05, 0.1) is 23.3 Å². The topological polar surface area (TPSA) is 89.0 Å². The van der Waals surface area contributed by atoms with E-state index < -0.39 is 4.92 Å². The molecule has 0 saturated heterocycles. The molecular formula is C9H9N3O3. The molecule has 15 heavy (non-hydrogen) atoms. The number of aromatic nitrogens is 1. The highest BCUT2D eigenvalue weighted by molar-refractivity contribution is 5.47. The molecule has 6 heteroatoms. The van der Waals surface area contributed by atoms with Crippen LogP contribution in [-0.4, -0.2) is 16.0 Å². The van der Waals surface area contributed by atoms with Crippen molar-refractivity contribution in [1.29, 1.82) is 5.26 Å². The summed E-state index contributed by atoms with van der Waals surface area (Å²) in [7, 11) is 0. The maximum atomic E-state index is 10.6. The summed E-state index contributed by atoms with van der Waals surface area (Å²) in [5.41, 5.74) is -0.549. The summed E-state index contributed by atoms with van der Waals surface area (Å²) in [5, 5.41) is 19.2. The molecule has 0 aromatic carbocycles. The van der Waals surface area contributed by atoms with E-state index in [1.807, 2.05) is 0 Å². The lowest BCUT2D eigenvalue weighted by atomic mass is 10.3. The molecule has 0 N–H and O–H groups in total. The molecule has 1 aromatic heterocycles. The Morgan fingerprint density at radius 2 is 2.33 bits per heavy atom. The van der Waals surface area contributed by atoms with Crippen molar-refractivity contribution in [3.63, 3.8) is 0 Å². The Morgan fingerprint density at radius 3 is 2.80 bits per heavy atom. The van der Waals surface area contributed by atoms with Crippen LogP contribution in [0.2, 0.25) is 0 Å². The van der Waals surface area contributed by atoms with Gasteiger partial charge >= 0.3 is 5.69 Å². The number of nitrogens with zero attached hydrogens (tertiary/aromatic N) is 3. The molecule has 1 aromatic rings. The zero-order valence-electron chi connectivity index (χ0n) is 8.30. The average molecular weight is 207 g/mol. The van der Waals surface area contributed by atoms with Crippen LogP contribution in [-0.2, 0) is 0 Å². The van der Waals surface area contributed by atoms with Gasteiger partial charge in [0.2, 0.25) is 5.69 Å². The lowest BCUT2D eigenvalue weighted by Crippen LogP contribution is -2.06. The largest absolute Gasteiger partial charge is 0.489 e. The number of nitro groups is 1. The minimum atomic E-state index is -0.654. The number of pyridine rings is 1. The summed E-state index contributed by atoms with van der Waals surface area (Å²) in [6.45, 7) is 3.59. The molecule has 78 valence electrons. The van der Waals surface area contributed by atoms with Crippen LogP contribution in [0, 0.1) is 21.4 Å². The van der Waals surface area contributed by atoms with Crippen LogP contribution >= 0.6 is 0 Å².